The number of nitrogens with zero attached hydrogens (tertiary/aromatic N) is 2. The lowest BCUT2D eigenvalue weighted by atomic mass is 10.2. The average molecular weight is 327 g/mol. The lowest BCUT2D eigenvalue weighted by Crippen LogP contribution is -2.28. The second-order valence-electron chi connectivity index (χ2n) is 4.90. The number of hydrogen-bond acceptors (Lipinski definition) is 5. The number of amides is 1. The Morgan fingerprint density at radius 2 is 1.88 bits per heavy atom. The van der Waals surface area contributed by atoms with E-state index in [1.165, 1.54) is 12.1 Å². The van der Waals surface area contributed by atoms with Gasteiger partial charge in [-0.2, -0.15) is 4.98 Å². The topological polar surface area (TPSA) is 77.3 Å². The van der Waals surface area contributed by atoms with Gasteiger partial charge in [0.25, 0.3) is 0 Å². The zero-order valence-corrected chi connectivity index (χ0v) is 12.6. The van der Waals surface area contributed by atoms with Crippen LogP contribution >= 0.6 is 0 Å². The van der Waals surface area contributed by atoms with Gasteiger partial charge in [0, 0.05) is 18.5 Å². The summed E-state index contributed by atoms with van der Waals surface area (Å²) in [5.74, 6) is 0.876. The highest BCUT2D eigenvalue weighted by Crippen LogP contribution is 2.16. The maximum atomic E-state index is 12.9. The van der Waals surface area contributed by atoms with Crippen molar-refractivity contribution < 1.29 is 18.4 Å². The number of carbonyl (C=O) groups is 1. The number of benzene rings is 2. The second-order valence-corrected chi connectivity index (χ2v) is 4.90. The number of nitrogens with one attached hydrogen (secondary N) is 1. The Morgan fingerprint density at radius 3 is 2.62 bits per heavy atom. The number of rotatable bonds is 5. The minimum Gasteiger partial charge on any atom is -0.410 e. The summed E-state index contributed by atoms with van der Waals surface area (Å²) in [5.41, 5.74) is 0.655. The molecule has 6 nitrogen and oxygen atoms in total. The Labute approximate surface area is 137 Å². The highest BCUT2D eigenvalue weighted by atomic mass is 19.1. The van der Waals surface area contributed by atoms with Crippen LogP contribution in [0.25, 0.3) is 11.4 Å². The molecule has 3 rings (SSSR count). The van der Waals surface area contributed by atoms with E-state index < -0.39 is 6.09 Å². The van der Waals surface area contributed by atoms with Gasteiger partial charge in [0.1, 0.15) is 11.6 Å². The van der Waals surface area contributed by atoms with Crippen molar-refractivity contribution in [1.82, 2.24) is 15.5 Å². The van der Waals surface area contributed by atoms with Crippen molar-refractivity contribution in [2.45, 2.75) is 6.42 Å². The van der Waals surface area contributed by atoms with Gasteiger partial charge in [-0.1, -0.05) is 23.4 Å². The fourth-order valence-electron chi connectivity index (χ4n) is 1.98. The van der Waals surface area contributed by atoms with Gasteiger partial charge in [-0.3, -0.25) is 0 Å². The van der Waals surface area contributed by atoms with E-state index in [9.17, 15) is 9.18 Å². The highest BCUT2D eigenvalue weighted by molar-refractivity contribution is 5.70. The van der Waals surface area contributed by atoms with E-state index >= 15 is 0 Å². The molecule has 7 heteroatoms. The fourth-order valence-corrected chi connectivity index (χ4v) is 1.98. The molecule has 2 aromatic carbocycles. The van der Waals surface area contributed by atoms with Crippen LogP contribution in [0.15, 0.2) is 59.1 Å². The summed E-state index contributed by atoms with van der Waals surface area (Å²) in [6.45, 7) is 0.288. The van der Waals surface area contributed by atoms with Crippen molar-refractivity contribution in [3.05, 3.63) is 66.3 Å². The lowest BCUT2D eigenvalue weighted by Gasteiger charge is -2.04. The van der Waals surface area contributed by atoms with Gasteiger partial charge in [-0.05, 0) is 36.4 Å². The maximum absolute atomic E-state index is 12.9. The molecular weight excluding hydrogens is 313 g/mol. The summed E-state index contributed by atoms with van der Waals surface area (Å²) >= 11 is 0. The van der Waals surface area contributed by atoms with Gasteiger partial charge in [0.2, 0.25) is 11.7 Å². The van der Waals surface area contributed by atoms with Crippen molar-refractivity contribution in [2.75, 3.05) is 6.54 Å². The Balaban J connectivity index is 1.49. The molecule has 0 saturated heterocycles. The molecule has 0 fully saturated rings. The predicted octanol–water partition coefficient (Wildman–Crippen LogP) is 3.21. The number of para-hydroxylation sites is 1. The molecule has 122 valence electrons. The molecule has 0 spiro atoms. The first-order valence-electron chi connectivity index (χ1n) is 7.30. The van der Waals surface area contributed by atoms with Crippen LogP contribution in [0.5, 0.6) is 5.75 Å². The minimum absolute atomic E-state index is 0.288. The lowest BCUT2D eigenvalue weighted by molar-refractivity contribution is 0.200. The molecule has 0 radical (unpaired) electrons. The monoisotopic (exact) mass is 327 g/mol. The molecule has 1 aromatic heterocycles. The summed E-state index contributed by atoms with van der Waals surface area (Å²) in [4.78, 5) is 15.8. The second kappa shape index (κ2) is 7.36. The number of halogens is 1. The van der Waals surface area contributed by atoms with Crippen LogP contribution in [-0.4, -0.2) is 22.8 Å². The summed E-state index contributed by atoms with van der Waals surface area (Å²) in [5, 5.41) is 6.43. The van der Waals surface area contributed by atoms with Crippen LogP contribution in [0.2, 0.25) is 0 Å². The summed E-state index contributed by atoms with van der Waals surface area (Å²) < 4.78 is 23.1. The molecule has 0 aliphatic carbocycles. The fraction of sp³-hybridized carbons (Fsp3) is 0.118. The Bertz CT molecular complexity index is 803. The van der Waals surface area contributed by atoms with Gasteiger partial charge in [0.05, 0.1) is 0 Å². The van der Waals surface area contributed by atoms with Crippen LogP contribution in [0.1, 0.15) is 5.89 Å². The van der Waals surface area contributed by atoms with Gasteiger partial charge < -0.3 is 14.6 Å². The largest absolute Gasteiger partial charge is 0.412 e. The number of ether oxygens (including phenoxy) is 1. The molecular formula is C17H14FN3O3. The molecule has 0 aliphatic heterocycles. The standard InChI is InChI=1S/C17H14FN3O3/c18-13-8-6-12(7-9-13)16-20-15(24-21-16)10-11-19-17(22)23-14-4-2-1-3-5-14/h1-9H,10-11H2,(H,19,22). The third-order valence-corrected chi connectivity index (χ3v) is 3.13. The van der Waals surface area contributed by atoms with E-state index in [4.69, 9.17) is 9.26 Å². The maximum Gasteiger partial charge on any atom is 0.412 e. The Kier molecular flexibility index (Phi) is 4.81. The molecule has 0 aliphatic rings. The first-order chi connectivity index (χ1) is 11.7. The molecule has 24 heavy (non-hydrogen) atoms. The van der Waals surface area contributed by atoms with Crippen LogP contribution in [0, 0.1) is 5.82 Å². The Hall–Kier alpha value is -3.22. The predicted molar refractivity (Wildman–Crippen MR) is 83.9 cm³/mol. The van der Waals surface area contributed by atoms with Gasteiger partial charge in [-0.25, -0.2) is 9.18 Å². The molecule has 0 saturated carbocycles. The molecule has 0 bridgehead atoms. The zero-order chi connectivity index (χ0) is 16.8. The molecule has 1 heterocycles. The normalized spacial score (nSPS) is 10.4. The quantitative estimate of drug-likeness (QED) is 0.778. The van der Waals surface area contributed by atoms with E-state index in [2.05, 4.69) is 15.5 Å². The minimum atomic E-state index is -0.556. The summed E-state index contributed by atoms with van der Waals surface area (Å²) in [7, 11) is 0. The SMILES string of the molecule is O=C(NCCc1nc(-c2ccc(F)cc2)no1)Oc1ccccc1. The van der Waals surface area contributed by atoms with Crippen molar-refractivity contribution in [1.29, 1.82) is 0 Å². The average Bonchev–Trinajstić information content (AvgIpc) is 3.05. The van der Waals surface area contributed by atoms with Gasteiger partial charge in [-0.15, -0.1) is 0 Å². The third kappa shape index (κ3) is 4.16. The number of hydrogen-bond donors (Lipinski definition) is 1. The van der Waals surface area contributed by atoms with Crippen LogP contribution < -0.4 is 10.1 Å². The van der Waals surface area contributed by atoms with Gasteiger partial charge in [0.15, 0.2) is 0 Å². The highest BCUT2D eigenvalue weighted by Gasteiger charge is 2.10. The Morgan fingerprint density at radius 1 is 1.12 bits per heavy atom. The number of aromatic nitrogens is 2. The van der Waals surface area contributed by atoms with Crippen molar-refractivity contribution in [2.24, 2.45) is 0 Å². The van der Waals surface area contributed by atoms with E-state index in [-0.39, 0.29) is 12.4 Å². The van der Waals surface area contributed by atoms with Crippen LogP contribution in [-0.2, 0) is 6.42 Å². The van der Waals surface area contributed by atoms with Crippen molar-refractivity contribution in [3.63, 3.8) is 0 Å². The smallest absolute Gasteiger partial charge is 0.410 e. The van der Waals surface area contributed by atoms with E-state index in [0.29, 0.717) is 29.4 Å². The molecule has 1 amide bonds. The van der Waals surface area contributed by atoms with Crippen molar-refractivity contribution in [3.8, 4) is 17.1 Å². The van der Waals surface area contributed by atoms with E-state index in [1.54, 1.807) is 36.4 Å². The zero-order valence-electron chi connectivity index (χ0n) is 12.6. The molecule has 0 unspecified atom stereocenters. The third-order valence-electron chi connectivity index (χ3n) is 3.13. The summed E-state index contributed by atoms with van der Waals surface area (Å²) in [6, 6.07) is 14.5. The van der Waals surface area contributed by atoms with Crippen LogP contribution in [0.4, 0.5) is 9.18 Å². The van der Waals surface area contributed by atoms with Crippen molar-refractivity contribution >= 4 is 6.09 Å². The molecule has 3 aromatic rings. The van der Waals surface area contributed by atoms with E-state index in [1.807, 2.05) is 6.07 Å². The van der Waals surface area contributed by atoms with Gasteiger partial charge >= 0.3 is 6.09 Å². The van der Waals surface area contributed by atoms with E-state index in [0.717, 1.165) is 0 Å². The molecule has 1 N–H and O–H groups in total. The summed E-state index contributed by atoms with van der Waals surface area (Å²) in [6.07, 6.45) is -0.197. The first kappa shape index (κ1) is 15.7. The number of carbonyl (C=O) groups excluding carboxylic acids is 1. The molecule has 0 atom stereocenters. The first-order valence-corrected chi connectivity index (χ1v) is 7.30. The van der Waals surface area contributed by atoms with Crippen LogP contribution in [0.3, 0.4) is 0 Å².